The van der Waals surface area contributed by atoms with Crippen LogP contribution in [-0.4, -0.2) is 30.1 Å². The highest BCUT2D eigenvalue weighted by Crippen LogP contribution is 2.21. The van der Waals surface area contributed by atoms with Gasteiger partial charge in [-0.1, -0.05) is 13.8 Å². The highest BCUT2D eigenvalue weighted by atomic mass is 15.2. The third kappa shape index (κ3) is 3.58. The van der Waals surface area contributed by atoms with Crippen molar-refractivity contribution >= 4 is 0 Å². The molecule has 14 heavy (non-hydrogen) atoms. The largest absolute Gasteiger partial charge is 0.328 e. The van der Waals surface area contributed by atoms with E-state index >= 15 is 0 Å². The van der Waals surface area contributed by atoms with Crippen molar-refractivity contribution in [2.45, 2.75) is 58.5 Å². The van der Waals surface area contributed by atoms with Crippen LogP contribution in [0.1, 0.15) is 46.5 Å². The molecule has 3 atom stereocenters. The van der Waals surface area contributed by atoms with Crippen LogP contribution in [0.25, 0.3) is 0 Å². The highest BCUT2D eigenvalue weighted by molar-refractivity contribution is 4.77. The molecule has 0 bridgehead atoms. The van der Waals surface area contributed by atoms with Crippen molar-refractivity contribution in [1.82, 2.24) is 4.90 Å². The van der Waals surface area contributed by atoms with Crippen LogP contribution in [0.3, 0.4) is 0 Å². The minimum Gasteiger partial charge on any atom is -0.328 e. The van der Waals surface area contributed by atoms with E-state index in [4.69, 9.17) is 5.73 Å². The normalized spacial score (nSPS) is 31.7. The second-order valence-electron chi connectivity index (χ2n) is 4.98. The molecule has 0 saturated carbocycles. The first-order chi connectivity index (χ1) is 6.63. The molecule has 0 radical (unpaired) electrons. The minimum absolute atomic E-state index is 0.402. The Morgan fingerprint density at radius 2 is 2.07 bits per heavy atom. The van der Waals surface area contributed by atoms with Crippen molar-refractivity contribution in [3.8, 4) is 0 Å². The third-order valence-electron chi connectivity index (χ3n) is 3.56. The second-order valence-corrected chi connectivity index (χ2v) is 4.98. The SMILES string of the molecule is CCC(N)CCN1CC(C)CCC1C. The number of nitrogens with two attached hydrogens (primary N) is 1. The number of likely N-dealkylation sites (tertiary alicyclic amines) is 1. The van der Waals surface area contributed by atoms with Gasteiger partial charge in [0.25, 0.3) is 0 Å². The van der Waals surface area contributed by atoms with Gasteiger partial charge in [-0.15, -0.1) is 0 Å². The number of hydrogen-bond donors (Lipinski definition) is 1. The zero-order chi connectivity index (χ0) is 10.6. The molecule has 84 valence electrons. The van der Waals surface area contributed by atoms with Crippen molar-refractivity contribution < 1.29 is 0 Å². The summed E-state index contributed by atoms with van der Waals surface area (Å²) in [6.45, 7) is 9.35. The van der Waals surface area contributed by atoms with Gasteiger partial charge in [0.15, 0.2) is 0 Å². The molecular weight excluding hydrogens is 172 g/mol. The fourth-order valence-electron chi connectivity index (χ4n) is 2.23. The molecular formula is C12H26N2. The lowest BCUT2D eigenvalue weighted by Crippen LogP contribution is -2.42. The molecule has 2 nitrogen and oxygen atoms in total. The summed E-state index contributed by atoms with van der Waals surface area (Å²) in [6, 6.07) is 1.18. The van der Waals surface area contributed by atoms with Crippen molar-refractivity contribution in [2.24, 2.45) is 11.7 Å². The van der Waals surface area contributed by atoms with E-state index in [2.05, 4.69) is 25.7 Å². The molecule has 1 rings (SSSR count). The average molecular weight is 198 g/mol. The van der Waals surface area contributed by atoms with Crippen molar-refractivity contribution in [3.05, 3.63) is 0 Å². The fraction of sp³-hybridized carbons (Fsp3) is 1.00. The molecule has 2 N–H and O–H groups in total. The summed E-state index contributed by atoms with van der Waals surface area (Å²) in [7, 11) is 0. The summed E-state index contributed by atoms with van der Waals surface area (Å²) in [4.78, 5) is 2.61. The maximum absolute atomic E-state index is 5.94. The number of nitrogens with zero attached hydrogens (tertiary/aromatic N) is 1. The fourth-order valence-corrected chi connectivity index (χ4v) is 2.23. The Morgan fingerprint density at radius 1 is 1.36 bits per heavy atom. The molecule has 0 aromatic carbocycles. The lowest BCUT2D eigenvalue weighted by molar-refractivity contribution is 0.121. The quantitative estimate of drug-likeness (QED) is 0.750. The number of rotatable bonds is 4. The lowest BCUT2D eigenvalue weighted by Gasteiger charge is -2.37. The van der Waals surface area contributed by atoms with Gasteiger partial charge >= 0.3 is 0 Å². The van der Waals surface area contributed by atoms with Gasteiger partial charge < -0.3 is 10.6 Å². The first-order valence-corrected chi connectivity index (χ1v) is 6.13. The molecule has 1 saturated heterocycles. The minimum atomic E-state index is 0.402. The van der Waals surface area contributed by atoms with E-state index in [0.717, 1.165) is 24.8 Å². The maximum Gasteiger partial charge on any atom is 0.00671 e. The van der Waals surface area contributed by atoms with Crippen molar-refractivity contribution in [2.75, 3.05) is 13.1 Å². The zero-order valence-corrected chi connectivity index (χ0v) is 10.00. The summed E-state index contributed by atoms with van der Waals surface area (Å²) in [5.74, 6) is 0.879. The van der Waals surface area contributed by atoms with Gasteiger partial charge in [0, 0.05) is 18.6 Å². The van der Waals surface area contributed by atoms with Gasteiger partial charge in [-0.25, -0.2) is 0 Å². The monoisotopic (exact) mass is 198 g/mol. The molecule has 0 amide bonds. The van der Waals surface area contributed by atoms with Crippen LogP contribution in [0.2, 0.25) is 0 Å². The van der Waals surface area contributed by atoms with Crippen LogP contribution in [0, 0.1) is 5.92 Å². The first-order valence-electron chi connectivity index (χ1n) is 6.13. The van der Waals surface area contributed by atoms with Gasteiger partial charge in [-0.05, 0) is 45.1 Å². The number of piperidine rings is 1. The van der Waals surface area contributed by atoms with Crippen LogP contribution >= 0.6 is 0 Å². The van der Waals surface area contributed by atoms with E-state index < -0.39 is 0 Å². The van der Waals surface area contributed by atoms with E-state index in [1.807, 2.05) is 0 Å². The molecule has 2 heteroatoms. The zero-order valence-electron chi connectivity index (χ0n) is 10.00. The Kier molecular flexibility index (Phi) is 4.90. The maximum atomic E-state index is 5.94. The highest BCUT2D eigenvalue weighted by Gasteiger charge is 2.22. The van der Waals surface area contributed by atoms with E-state index in [0.29, 0.717) is 6.04 Å². The van der Waals surface area contributed by atoms with Gasteiger partial charge in [-0.3, -0.25) is 0 Å². The summed E-state index contributed by atoms with van der Waals surface area (Å²) >= 11 is 0. The summed E-state index contributed by atoms with van der Waals surface area (Å²) in [5, 5.41) is 0. The molecule has 0 aromatic heterocycles. The molecule has 1 aliphatic heterocycles. The third-order valence-corrected chi connectivity index (χ3v) is 3.56. The summed E-state index contributed by atoms with van der Waals surface area (Å²) in [5.41, 5.74) is 5.94. The van der Waals surface area contributed by atoms with Gasteiger partial charge in [-0.2, -0.15) is 0 Å². The smallest absolute Gasteiger partial charge is 0.00671 e. The molecule has 1 heterocycles. The Hall–Kier alpha value is -0.0800. The summed E-state index contributed by atoms with van der Waals surface area (Å²) in [6.07, 6.45) is 5.03. The van der Waals surface area contributed by atoms with Crippen LogP contribution in [0.4, 0.5) is 0 Å². The Morgan fingerprint density at radius 3 is 2.71 bits per heavy atom. The molecule has 1 aliphatic rings. The van der Waals surface area contributed by atoms with Crippen LogP contribution in [0.15, 0.2) is 0 Å². The van der Waals surface area contributed by atoms with Gasteiger partial charge in [0.1, 0.15) is 0 Å². The standard InChI is InChI=1S/C12H26N2/c1-4-12(13)7-8-14-9-10(2)5-6-11(14)3/h10-12H,4-9,13H2,1-3H3. The Balaban J connectivity index is 2.27. The van der Waals surface area contributed by atoms with E-state index in [1.165, 1.54) is 25.9 Å². The Labute approximate surface area is 88.8 Å². The molecule has 0 aromatic rings. The molecule has 1 fully saturated rings. The summed E-state index contributed by atoms with van der Waals surface area (Å²) < 4.78 is 0. The molecule has 0 spiro atoms. The lowest BCUT2D eigenvalue weighted by atomic mass is 9.94. The van der Waals surface area contributed by atoms with Gasteiger partial charge in [0.05, 0.1) is 0 Å². The topological polar surface area (TPSA) is 29.3 Å². The Bertz CT molecular complexity index is 158. The molecule has 0 aliphatic carbocycles. The van der Waals surface area contributed by atoms with Crippen LogP contribution in [-0.2, 0) is 0 Å². The average Bonchev–Trinajstić information content (AvgIpc) is 2.19. The predicted octanol–water partition coefficient (Wildman–Crippen LogP) is 2.23. The predicted molar refractivity (Wildman–Crippen MR) is 62.3 cm³/mol. The van der Waals surface area contributed by atoms with Crippen molar-refractivity contribution in [1.29, 1.82) is 0 Å². The van der Waals surface area contributed by atoms with Crippen LogP contribution < -0.4 is 5.73 Å². The number of hydrogen-bond acceptors (Lipinski definition) is 2. The van der Waals surface area contributed by atoms with Gasteiger partial charge in [0.2, 0.25) is 0 Å². The molecule has 3 unspecified atom stereocenters. The van der Waals surface area contributed by atoms with E-state index in [1.54, 1.807) is 0 Å². The first kappa shape index (κ1) is 12.0. The van der Waals surface area contributed by atoms with E-state index in [-0.39, 0.29) is 0 Å². The second kappa shape index (κ2) is 5.72. The van der Waals surface area contributed by atoms with Crippen molar-refractivity contribution in [3.63, 3.8) is 0 Å². The van der Waals surface area contributed by atoms with E-state index in [9.17, 15) is 0 Å². The van der Waals surface area contributed by atoms with Crippen LogP contribution in [0.5, 0.6) is 0 Å².